The largest absolute Gasteiger partial charge is 0.497 e. The van der Waals surface area contributed by atoms with Gasteiger partial charge in [-0.2, -0.15) is 11.3 Å². The first-order chi connectivity index (χ1) is 8.67. The Balaban J connectivity index is 2.45. The van der Waals surface area contributed by atoms with Crippen LogP contribution in [0, 0.1) is 6.92 Å². The summed E-state index contributed by atoms with van der Waals surface area (Å²) in [6, 6.07) is 5.43. The Kier molecular flexibility index (Phi) is 3.89. The Morgan fingerprint density at radius 2 is 1.89 bits per heavy atom. The number of aliphatic hydroxyl groups is 1. The van der Waals surface area contributed by atoms with Gasteiger partial charge < -0.3 is 14.6 Å². The van der Waals surface area contributed by atoms with Gasteiger partial charge in [0.2, 0.25) is 0 Å². The topological polar surface area (TPSA) is 38.7 Å². The van der Waals surface area contributed by atoms with E-state index in [0.29, 0.717) is 11.5 Å². The van der Waals surface area contributed by atoms with Crippen LogP contribution in [0.3, 0.4) is 0 Å². The molecule has 1 aromatic heterocycles. The van der Waals surface area contributed by atoms with E-state index >= 15 is 0 Å². The molecule has 0 aliphatic carbocycles. The van der Waals surface area contributed by atoms with E-state index in [1.165, 1.54) is 0 Å². The summed E-state index contributed by atoms with van der Waals surface area (Å²) in [5.41, 5.74) is 2.71. The van der Waals surface area contributed by atoms with Gasteiger partial charge in [0.05, 0.1) is 14.2 Å². The molecule has 0 saturated heterocycles. The highest BCUT2D eigenvalue weighted by atomic mass is 32.1. The van der Waals surface area contributed by atoms with Crippen LogP contribution in [0.4, 0.5) is 0 Å². The number of ether oxygens (including phenoxy) is 2. The molecule has 0 aliphatic heterocycles. The van der Waals surface area contributed by atoms with E-state index in [-0.39, 0.29) is 0 Å². The highest BCUT2D eigenvalue weighted by Gasteiger charge is 2.18. The molecule has 0 saturated carbocycles. The lowest BCUT2D eigenvalue weighted by atomic mass is 10.00. The first-order valence-electron chi connectivity index (χ1n) is 5.60. The Hall–Kier alpha value is -1.52. The van der Waals surface area contributed by atoms with Crippen LogP contribution >= 0.6 is 11.3 Å². The fourth-order valence-corrected chi connectivity index (χ4v) is 2.74. The van der Waals surface area contributed by atoms with Crippen molar-refractivity contribution < 1.29 is 14.6 Å². The molecule has 4 heteroatoms. The van der Waals surface area contributed by atoms with Crippen LogP contribution in [0.15, 0.2) is 29.0 Å². The van der Waals surface area contributed by atoms with Gasteiger partial charge in [-0.25, -0.2) is 0 Å². The number of aryl methyl sites for hydroxylation is 1. The molecule has 1 atom stereocenters. The second-order valence-corrected chi connectivity index (χ2v) is 4.76. The third kappa shape index (κ3) is 2.35. The van der Waals surface area contributed by atoms with Crippen LogP contribution in [-0.2, 0) is 0 Å². The van der Waals surface area contributed by atoms with Gasteiger partial charge in [0.15, 0.2) is 0 Å². The van der Waals surface area contributed by atoms with E-state index in [4.69, 9.17) is 9.47 Å². The number of hydrogen-bond acceptors (Lipinski definition) is 4. The van der Waals surface area contributed by atoms with Gasteiger partial charge in [0, 0.05) is 5.56 Å². The lowest BCUT2D eigenvalue weighted by molar-refractivity contribution is 0.214. The molecule has 1 heterocycles. The maximum Gasteiger partial charge on any atom is 0.125 e. The van der Waals surface area contributed by atoms with Crippen molar-refractivity contribution in [3.05, 3.63) is 45.6 Å². The number of rotatable bonds is 4. The van der Waals surface area contributed by atoms with Crippen LogP contribution in [0.2, 0.25) is 0 Å². The summed E-state index contributed by atoms with van der Waals surface area (Å²) in [4.78, 5) is 0. The second kappa shape index (κ2) is 5.42. The highest BCUT2D eigenvalue weighted by Crippen LogP contribution is 2.35. The summed E-state index contributed by atoms with van der Waals surface area (Å²) in [7, 11) is 3.20. The van der Waals surface area contributed by atoms with Crippen molar-refractivity contribution in [2.24, 2.45) is 0 Å². The third-order valence-electron chi connectivity index (χ3n) is 2.92. The molecule has 0 bridgehead atoms. The van der Waals surface area contributed by atoms with E-state index in [2.05, 4.69) is 0 Å². The van der Waals surface area contributed by atoms with Gasteiger partial charge in [0.25, 0.3) is 0 Å². The lowest BCUT2D eigenvalue weighted by Crippen LogP contribution is -2.03. The summed E-state index contributed by atoms with van der Waals surface area (Å²) in [5, 5.41) is 14.4. The summed E-state index contributed by atoms with van der Waals surface area (Å²) in [6.07, 6.45) is -0.693. The number of aliphatic hydroxyl groups excluding tert-OH is 1. The van der Waals surface area contributed by atoms with E-state index in [1.54, 1.807) is 37.7 Å². The number of thiophene rings is 1. The molecule has 96 valence electrons. The van der Waals surface area contributed by atoms with Gasteiger partial charge >= 0.3 is 0 Å². The standard InChI is InChI=1S/C14H16O3S/c1-9-7-18-8-12(9)14(15)11-6-10(16-2)4-5-13(11)17-3/h4-8,14-15H,1-3H3. The zero-order valence-electron chi connectivity index (χ0n) is 10.6. The van der Waals surface area contributed by atoms with Crippen molar-refractivity contribution in [3.8, 4) is 11.5 Å². The van der Waals surface area contributed by atoms with Crippen LogP contribution in [-0.4, -0.2) is 19.3 Å². The van der Waals surface area contributed by atoms with Crippen molar-refractivity contribution in [1.82, 2.24) is 0 Å². The first-order valence-corrected chi connectivity index (χ1v) is 6.54. The van der Waals surface area contributed by atoms with E-state index in [0.717, 1.165) is 16.7 Å². The lowest BCUT2D eigenvalue weighted by Gasteiger charge is -2.16. The summed E-state index contributed by atoms with van der Waals surface area (Å²) in [5.74, 6) is 1.37. The van der Waals surface area contributed by atoms with Gasteiger partial charge in [-0.3, -0.25) is 0 Å². The molecule has 3 nitrogen and oxygen atoms in total. The van der Waals surface area contributed by atoms with Crippen molar-refractivity contribution in [2.45, 2.75) is 13.0 Å². The molecule has 1 N–H and O–H groups in total. The van der Waals surface area contributed by atoms with Crippen LogP contribution in [0.5, 0.6) is 11.5 Å². The normalized spacial score (nSPS) is 12.2. The molecule has 2 rings (SSSR count). The Bertz CT molecular complexity index is 534. The van der Waals surface area contributed by atoms with Crippen LogP contribution < -0.4 is 9.47 Å². The molecule has 1 unspecified atom stereocenters. The van der Waals surface area contributed by atoms with E-state index in [1.807, 2.05) is 23.8 Å². The Morgan fingerprint density at radius 3 is 2.44 bits per heavy atom. The number of benzene rings is 1. The minimum Gasteiger partial charge on any atom is -0.497 e. The Labute approximate surface area is 111 Å². The van der Waals surface area contributed by atoms with E-state index < -0.39 is 6.10 Å². The maximum absolute atomic E-state index is 10.5. The van der Waals surface area contributed by atoms with Gasteiger partial charge in [-0.15, -0.1) is 0 Å². The predicted molar refractivity (Wildman–Crippen MR) is 72.7 cm³/mol. The second-order valence-electron chi connectivity index (χ2n) is 4.02. The predicted octanol–water partition coefficient (Wildman–Crippen LogP) is 3.16. The fraction of sp³-hybridized carbons (Fsp3) is 0.286. The summed E-state index contributed by atoms with van der Waals surface area (Å²) >= 11 is 1.58. The molecule has 0 spiro atoms. The molecule has 0 aliphatic rings. The molecular formula is C14H16O3S. The summed E-state index contributed by atoms with van der Waals surface area (Å²) in [6.45, 7) is 1.99. The molecule has 0 amide bonds. The molecule has 1 aromatic carbocycles. The van der Waals surface area contributed by atoms with Crippen molar-refractivity contribution in [1.29, 1.82) is 0 Å². The van der Waals surface area contributed by atoms with Crippen molar-refractivity contribution in [2.75, 3.05) is 14.2 Å². The fourth-order valence-electron chi connectivity index (χ4n) is 1.87. The van der Waals surface area contributed by atoms with Crippen molar-refractivity contribution in [3.63, 3.8) is 0 Å². The maximum atomic E-state index is 10.5. The zero-order valence-corrected chi connectivity index (χ0v) is 11.5. The average Bonchev–Trinajstić information content (AvgIpc) is 2.83. The van der Waals surface area contributed by atoms with Gasteiger partial charge in [0.1, 0.15) is 17.6 Å². The van der Waals surface area contributed by atoms with Gasteiger partial charge in [-0.1, -0.05) is 0 Å². The molecule has 0 fully saturated rings. The average molecular weight is 264 g/mol. The quantitative estimate of drug-likeness (QED) is 0.922. The minimum atomic E-state index is -0.693. The molecule has 18 heavy (non-hydrogen) atoms. The molecule has 2 aromatic rings. The highest BCUT2D eigenvalue weighted by molar-refractivity contribution is 7.08. The zero-order chi connectivity index (χ0) is 13.1. The third-order valence-corrected chi connectivity index (χ3v) is 3.80. The first kappa shape index (κ1) is 12.9. The number of methoxy groups -OCH3 is 2. The van der Waals surface area contributed by atoms with Crippen molar-refractivity contribution >= 4 is 11.3 Å². The monoisotopic (exact) mass is 264 g/mol. The molecule has 0 radical (unpaired) electrons. The van der Waals surface area contributed by atoms with Gasteiger partial charge in [-0.05, 0) is 47.0 Å². The number of hydrogen-bond donors (Lipinski definition) is 1. The Morgan fingerprint density at radius 1 is 1.11 bits per heavy atom. The smallest absolute Gasteiger partial charge is 0.125 e. The SMILES string of the molecule is COc1ccc(OC)c(C(O)c2cscc2C)c1. The van der Waals surface area contributed by atoms with E-state index in [9.17, 15) is 5.11 Å². The van der Waals surface area contributed by atoms with Crippen LogP contribution in [0.25, 0.3) is 0 Å². The summed E-state index contributed by atoms with van der Waals surface area (Å²) < 4.78 is 10.5. The minimum absolute atomic E-state index is 0.661. The van der Waals surface area contributed by atoms with Crippen LogP contribution in [0.1, 0.15) is 22.8 Å². The molecular weight excluding hydrogens is 248 g/mol.